The fourth-order valence-electron chi connectivity index (χ4n) is 1.89. The number of rotatable bonds is 4. The maximum atomic E-state index is 12.1. The Kier molecular flexibility index (Phi) is 4.93. The Balaban J connectivity index is 2.34. The minimum atomic E-state index is -1.72. The van der Waals surface area contributed by atoms with Gasteiger partial charge >= 0.3 is 13.1 Å². The Morgan fingerprint density at radius 2 is 1.77 bits per heavy atom. The van der Waals surface area contributed by atoms with Gasteiger partial charge in [0.15, 0.2) is 0 Å². The molecule has 0 aliphatic heterocycles. The number of anilines is 1. The molecule has 0 bridgehead atoms. The third-order valence-electron chi connectivity index (χ3n) is 3.03. The van der Waals surface area contributed by atoms with E-state index in [-0.39, 0.29) is 22.6 Å². The van der Waals surface area contributed by atoms with Crippen molar-refractivity contribution in [2.24, 2.45) is 0 Å². The number of amides is 1. The number of methoxy groups -OCH3 is 1. The van der Waals surface area contributed by atoms with Gasteiger partial charge in [0.05, 0.1) is 18.4 Å². The minimum Gasteiger partial charge on any atom is -0.465 e. The quantitative estimate of drug-likeness (QED) is 0.561. The first-order chi connectivity index (χ1) is 10.5. The van der Waals surface area contributed by atoms with Gasteiger partial charge in [-0.15, -0.1) is 0 Å². The highest BCUT2D eigenvalue weighted by Gasteiger charge is 2.19. The van der Waals surface area contributed by atoms with Gasteiger partial charge in [-0.05, 0) is 29.7 Å². The molecule has 0 spiro atoms. The zero-order valence-corrected chi connectivity index (χ0v) is 11.8. The van der Waals surface area contributed by atoms with E-state index >= 15 is 0 Å². The molecule has 7 heteroatoms. The van der Waals surface area contributed by atoms with Crippen LogP contribution in [0.5, 0.6) is 0 Å². The summed E-state index contributed by atoms with van der Waals surface area (Å²) in [6.45, 7) is 0. The van der Waals surface area contributed by atoms with Gasteiger partial charge in [0, 0.05) is 5.56 Å². The second-order valence-electron chi connectivity index (χ2n) is 4.49. The summed E-state index contributed by atoms with van der Waals surface area (Å²) in [6, 6.07) is 12.6. The molecular formula is C15H14BNO5. The highest BCUT2D eigenvalue weighted by Crippen LogP contribution is 2.16. The zero-order valence-electron chi connectivity index (χ0n) is 11.8. The molecule has 0 fully saturated rings. The lowest BCUT2D eigenvalue weighted by molar-refractivity contribution is 0.0602. The third kappa shape index (κ3) is 3.52. The van der Waals surface area contributed by atoms with E-state index in [1.807, 2.05) is 0 Å². The van der Waals surface area contributed by atoms with Crippen molar-refractivity contribution >= 4 is 30.1 Å². The van der Waals surface area contributed by atoms with Crippen molar-refractivity contribution in [3.63, 3.8) is 0 Å². The molecule has 0 saturated heterocycles. The SMILES string of the molecule is COC(=O)c1cc(B(O)O)ccc1NC(=O)c1ccccc1. The molecule has 0 saturated carbocycles. The highest BCUT2D eigenvalue weighted by atomic mass is 16.5. The number of nitrogens with one attached hydrogen (secondary N) is 1. The third-order valence-corrected chi connectivity index (χ3v) is 3.03. The van der Waals surface area contributed by atoms with Crippen LogP contribution in [0, 0.1) is 0 Å². The van der Waals surface area contributed by atoms with Gasteiger partial charge in [0.2, 0.25) is 0 Å². The van der Waals surface area contributed by atoms with Crippen LogP contribution in [0.3, 0.4) is 0 Å². The number of ether oxygens (including phenoxy) is 1. The predicted octanol–water partition coefficient (Wildman–Crippen LogP) is 0.405. The molecule has 0 heterocycles. The molecule has 3 N–H and O–H groups in total. The Hall–Kier alpha value is -2.64. The Bertz CT molecular complexity index is 688. The van der Waals surface area contributed by atoms with E-state index in [0.717, 1.165) is 0 Å². The summed E-state index contributed by atoms with van der Waals surface area (Å²) in [7, 11) is -0.519. The van der Waals surface area contributed by atoms with Crippen LogP contribution >= 0.6 is 0 Å². The van der Waals surface area contributed by atoms with Gasteiger partial charge in [-0.1, -0.05) is 24.3 Å². The smallest absolute Gasteiger partial charge is 0.465 e. The molecular weight excluding hydrogens is 285 g/mol. The fourth-order valence-corrected chi connectivity index (χ4v) is 1.89. The summed E-state index contributed by atoms with van der Waals surface area (Å²) >= 11 is 0. The van der Waals surface area contributed by atoms with Crippen molar-refractivity contribution < 1.29 is 24.4 Å². The van der Waals surface area contributed by atoms with Crippen LogP contribution in [0.4, 0.5) is 5.69 Å². The molecule has 22 heavy (non-hydrogen) atoms. The van der Waals surface area contributed by atoms with E-state index in [2.05, 4.69) is 10.1 Å². The van der Waals surface area contributed by atoms with Crippen LogP contribution in [-0.2, 0) is 4.74 Å². The Labute approximate surface area is 127 Å². The first-order valence-corrected chi connectivity index (χ1v) is 6.47. The van der Waals surface area contributed by atoms with E-state index in [1.54, 1.807) is 30.3 Å². The van der Waals surface area contributed by atoms with Crippen LogP contribution in [-0.4, -0.2) is 36.2 Å². The summed E-state index contributed by atoms with van der Waals surface area (Å²) in [5.41, 5.74) is 0.824. The lowest BCUT2D eigenvalue weighted by Gasteiger charge is -2.11. The summed E-state index contributed by atoms with van der Waals surface area (Å²) in [5.74, 6) is -1.08. The Morgan fingerprint density at radius 3 is 2.36 bits per heavy atom. The van der Waals surface area contributed by atoms with Crippen molar-refractivity contribution in [3.05, 3.63) is 59.7 Å². The van der Waals surface area contributed by atoms with Gasteiger partial charge < -0.3 is 20.1 Å². The molecule has 1 amide bonds. The average Bonchev–Trinajstić information content (AvgIpc) is 2.55. The largest absolute Gasteiger partial charge is 0.488 e. The highest BCUT2D eigenvalue weighted by molar-refractivity contribution is 6.58. The monoisotopic (exact) mass is 299 g/mol. The summed E-state index contributed by atoms with van der Waals surface area (Å²) in [4.78, 5) is 23.9. The molecule has 0 radical (unpaired) electrons. The topological polar surface area (TPSA) is 95.9 Å². The van der Waals surface area contributed by atoms with Crippen molar-refractivity contribution in [3.8, 4) is 0 Å². The maximum Gasteiger partial charge on any atom is 0.488 e. The molecule has 112 valence electrons. The van der Waals surface area contributed by atoms with Gasteiger partial charge in [0.1, 0.15) is 0 Å². The number of carbonyl (C=O) groups is 2. The van der Waals surface area contributed by atoms with Crippen LogP contribution in [0.15, 0.2) is 48.5 Å². The molecule has 0 aliphatic carbocycles. The van der Waals surface area contributed by atoms with Crippen LogP contribution < -0.4 is 10.8 Å². The first-order valence-electron chi connectivity index (χ1n) is 6.47. The van der Waals surface area contributed by atoms with Gasteiger partial charge in [-0.25, -0.2) is 4.79 Å². The van der Waals surface area contributed by atoms with Gasteiger partial charge in [-0.2, -0.15) is 0 Å². The lowest BCUT2D eigenvalue weighted by Crippen LogP contribution is -2.31. The number of esters is 1. The first kappa shape index (κ1) is 15.7. The fraction of sp³-hybridized carbons (Fsp3) is 0.0667. The molecule has 6 nitrogen and oxygen atoms in total. The standard InChI is InChI=1S/C15H14BNO5/c1-22-15(19)12-9-11(16(20)21)7-8-13(12)17-14(18)10-5-3-2-4-6-10/h2-9,20-21H,1H3,(H,17,18). The van der Waals surface area contributed by atoms with E-state index in [0.29, 0.717) is 5.56 Å². The number of hydrogen-bond donors (Lipinski definition) is 3. The summed E-state index contributed by atoms with van der Waals surface area (Å²) < 4.78 is 4.65. The molecule has 2 rings (SSSR count). The minimum absolute atomic E-state index is 0.0392. The van der Waals surface area contributed by atoms with Crippen LogP contribution in [0.1, 0.15) is 20.7 Å². The second-order valence-corrected chi connectivity index (χ2v) is 4.49. The molecule has 2 aromatic rings. The number of benzene rings is 2. The maximum absolute atomic E-state index is 12.1. The molecule has 0 unspecified atom stereocenters. The normalized spacial score (nSPS) is 9.95. The van der Waals surface area contributed by atoms with Crippen LogP contribution in [0.2, 0.25) is 0 Å². The van der Waals surface area contributed by atoms with E-state index < -0.39 is 13.1 Å². The average molecular weight is 299 g/mol. The van der Waals surface area contributed by atoms with E-state index in [4.69, 9.17) is 10.0 Å². The summed E-state index contributed by atoms with van der Waals surface area (Å²) in [6.07, 6.45) is 0. The Morgan fingerprint density at radius 1 is 1.09 bits per heavy atom. The van der Waals surface area contributed by atoms with E-state index in [1.165, 1.54) is 25.3 Å². The van der Waals surface area contributed by atoms with Crippen molar-refractivity contribution in [1.29, 1.82) is 0 Å². The number of hydrogen-bond acceptors (Lipinski definition) is 5. The zero-order chi connectivity index (χ0) is 16.1. The molecule has 0 atom stereocenters. The van der Waals surface area contributed by atoms with E-state index in [9.17, 15) is 9.59 Å². The molecule has 0 aliphatic rings. The second kappa shape index (κ2) is 6.88. The van der Waals surface area contributed by atoms with Gasteiger partial charge in [-0.3, -0.25) is 4.79 Å². The predicted molar refractivity (Wildman–Crippen MR) is 82.0 cm³/mol. The molecule has 0 aromatic heterocycles. The lowest BCUT2D eigenvalue weighted by atomic mass is 9.79. The molecule has 2 aromatic carbocycles. The van der Waals surface area contributed by atoms with Crippen molar-refractivity contribution in [2.75, 3.05) is 12.4 Å². The van der Waals surface area contributed by atoms with Crippen molar-refractivity contribution in [1.82, 2.24) is 0 Å². The van der Waals surface area contributed by atoms with Crippen LogP contribution in [0.25, 0.3) is 0 Å². The van der Waals surface area contributed by atoms with Gasteiger partial charge in [0.25, 0.3) is 5.91 Å². The number of carbonyl (C=O) groups excluding carboxylic acids is 2. The summed E-state index contributed by atoms with van der Waals surface area (Å²) in [5, 5.41) is 20.9. The van der Waals surface area contributed by atoms with Crippen molar-refractivity contribution in [2.45, 2.75) is 0 Å².